The van der Waals surface area contributed by atoms with Crippen LogP contribution in [0.1, 0.15) is 28.8 Å². The van der Waals surface area contributed by atoms with Crippen LogP contribution in [-0.2, 0) is 4.74 Å². The van der Waals surface area contributed by atoms with Gasteiger partial charge in [-0.15, -0.1) is 0 Å². The van der Waals surface area contributed by atoms with Gasteiger partial charge in [-0.25, -0.2) is 4.98 Å². The van der Waals surface area contributed by atoms with Gasteiger partial charge in [0.25, 0.3) is 5.91 Å². The number of amides is 1. The molecule has 5 nitrogen and oxygen atoms in total. The molecule has 1 amide bonds. The summed E-state index contributed by atoms with van der Waals surface area (Å²) in [7, 11) is 1.87. The van der Waals surface area contributed by atoms with E-state index in [1.807, 2.05) is 61.3 Å². The van der Waals surface area contributed by atoms with Crippen LogP contribution in [0.2, 0.25) is 0 Å². The molecule has 140 valence electrons. The van der Waals surface area contributed by atoms with Crippen LogP contribution in [0.15, 0.2) is 46.9 Å². The Morgan fingerprint density at radius 3 is 2.63 bits per heavy atom. The van der Waals surface area contributed by atoms with Gasteiger partial charge in [0.1, 0.15) is 5.52 Å². The molecule has 0 spiro atoms. The average molecular weight is 364 g/mol. The van der Waals surface area contributed by atoms with Crippen molar-refractivity contribution in [2.45, 2.75) is 19.8 Å². The van der Waals surface area contributed by atoms with Gasteiger partial charge in [0, 0.05) is 37.9 Å². The Labute approximate surface area is 158 Å². The molecular weight excluding hydrogens is 340 g/mol. The van der Waals surface area contributed by atoms with Crippen LogP contribution >= 0.6 is 0 Å². The van der Waals surface area contributed by atoms with Gasteiger partial charge in [0.15, 0.2) is 5.58 Å². The molecule has 27 heavy (non-hydrogen) atoms. The Bertz CT molecular complexity index is 940. The minimum atomic E-state index is 0.0428. The summed E-state index contributed by atoms with van der Waals surface area (Å²) in [5.41, 5.74) is 4.32. The van der Waals surface area contributed by atoms with Crippen molar-refractivity contribution in [3.05, 3.63) is 53.6 Å². The number of nitrogens with zero attached hydrogens (tertiary/aromatic N) is 2. The van der Waals surface area contributed by atoms with Crippen molar-refractivity contribution in [1.82, 2.24) is 9.88 Å². The van der Waals surface area contributed by atoms with E-state index in [9.17, 15) is 4.79 Å². The number of carbonyl (C=O) groups is 1. The predicted molar refractivity (Wildman–Crippen MR) is 105 cm³/mol. The van der Waals surface area contributed by atoms with Gasteiger partial charge in [-0.2, -0.15) is 0 Å². The molecule has 5 heteroatoms. The number of aromatic nitrogens is 1. The monoisotopic (exact) mass is 364 g/mol. The molecule has 1 fully saturated rings. The van der Waals surface area contributed by atoms with Crippen LogP contribution in [0.4, 0.5) is 0 Å². The van der Waals surface area contributed by atoms with Gasteiger partial charge < -0.3 is 14.1 Å². The van der Waals surface area contributed by atoms with Crippen LogP contribution in [0, 0.1) is 12.8 Å². The highest BCUT2D eigenvalue weighted by molar-refractivity contribution is 5.94. The first-order valence-corrected chi connectivity index (χ1v) is 9.41. The summed E-state index contributed by atoms with van der Waals surface area (Å²) < 4.78 is 11.2. The topological polar surface area (TPSA) is 55.6 Å². The summed E-state index contributed by atoms with van der Waals surface area (Å²) >= 11 is 0. The van der Waals surface area contributed by atoms with Crippen LogP contribution in [-0.4, -0.2) is 42.6 Å². The Balaban J connectivity index is 1.48. The first-order chi connectivity index (χ1) is 13.1. The molecule has 0 atom stereocenters. The van der Waals surface area contributed by atoms with E-state index >= 15 is 0 Å². The zero-order valence-electron chi connectivity index (χ0n) is 15.8. The van der Waals surface area contributed by atoms with Crippen molar-refractivity contribution < 1.29 is 13.9 Å². The number of oxazole rings is 1. The highest BCUT2D eigenvalue weighted by atomic mass is 16.5. The highest BCUT2D eigenvalue weighted by Gasteiger charge is 2.19. The Kier molecular flexibility index (Phi) is 4.94. The summed E-state index contributed by atoms with van der Waals surface area (Å²) in [6, 6.07) is 13.4. The number of hydrogen-bond donors (Lipinski definition) is 0. The molecule has 3 aromatic rings. The molecule has 2 heterocycles. The van der Waals surface area contributed by atoms with Crippen LogP contribution in [0.3, 0.4) is 0 Å². The van der Waals surface area contributed by atoms with Crippen molar-refractivity contribution in [3.63, 3.8) is 0 Å². The van der Waals surface area contributed by atoms with Crippen LogP contribution in [0.25, 0.3) is 22.6 Å². The fourth-order valence-electron chi connectivity index (χ4n) is 3.54. The summed E-state index contributed by atoms with van der Waals surface area (Å²) in [5.74, 6) is 1.14. The number of fused-ring (bicyclic) bond motifs is 1. The normalized spacial score (nSPS) is 15.2. The van der Waals surface area contributed by atoms with E-state index in [2.05, 4.69) is 4.98 Å². The average Bonchev–Trinajstić information content (AvgIpc) is 3.11. The molecule has 1 aliphatic heterocycles. The summed E-state index contributed by atoms with van der Waals surface area (Å²) in [5, 5.41) is 0. The van der Waals surface area contributed by atoms with E-state index < -0.39 is 0 Å². The van der Waals surface area contributed by atoms with Gasteiger partial charge in [-0.05, 0) is 67.6 Å². The minimum absolute atomic E-state index is 0.0428. The fraction of sp³-hybridized carbons (Fsp3) is 0.364. The van der Waals surface area contributed by atoms with Gasteiger partial charge >= 0.3 is 0 Å². The van der Waals surface area contributed by atoms with E-state index in [-0.39, 0.29) is 5.91 Å². The van der Waals surface area contributed by atoms with Gasteiger partial charge in [-0.1, -0.05) is 6.07 Å². The molecule has 2 aromatic carbocycles. The van der Waals surface area contributed by atoms with E-state index in [1.165, 1.54) is 0 Å². The Morgan fingerprint density at radius 2 is 1.89 bits per heavy atom. The van der Waals surface area contributed by atoms with Crippen molar-refractivity contribution in [3.8, 4) is 11.5 Å². The van der Waals surface area contributed by atoms with Crippen molar-refractivity contribution in [2.24, 2.45) is 5.92 Å². The second kappa shape index (κ2) is 7.53. The number of rotatable bonds is 4. The Hall–Kier alpha value is -2.66. The first-order valence-electron chi connectivity index (χ1n) is 9.41. The van der Waals surface area contributed by atoms with E-state index in [1.54, 1.807) is 0 Å². The second-order valence-corrected chi connectivity index (χ2v) is 7.31. The molecule has 4 rings (SSSR count). The van der Waals surface area contributed by atoms with E-state index in [0.29, 0.717) is 17.4 Å². The zero-order valence-corrected chi connectivity index (χ0v) is 15.8. The maximum Gasteiger partial charge on any atom is 0.253 e. The van der Waals surface area contributed by atoms with Crippen LogP contribution in [0.5, 0.6) is 0 Å². The number of carbonyl (C=O) groups excluding carboxylic acids is 1. The quantitative estimate of drug-likeness (QED) is 0.692. The van der Waals surface area contributed by atoms with Gasteiger partial charge in [0.2, 0.25) is 5.89 Å². The highest BCUT2D eigenvalue weighted by Crippen LogP contribution is 2.25. The molecule has 0 saturated carbocycles. The largest absolute Gasteiger partial charge is 0.436 e. The van der Waals surface area contributed by atoms with Crippen molar-refractivity contribution in [1.29, 1.82) is 0 Å². The standard InChI is InChI=1S/C22H24N2O3/c1-15-3-8-20-19(13-15)23-21(27-20)17-4-6-18(7-5-17)22(25)24(2)14-16-9-11-26-12-10-16/h3-8,13,16H,9-12,14H2,1-2H3. The lowest BCUT2D eigenvalue weighted by Gasteiger charge is -2.27. The van der Waals surface area contributed by atoms with Crippen molar-refractivity contribution >= 4 is 17.0 Å². The summed E-state index contributed by atoms with van der Waals surface area (Å²) in [4.78, 5) is 19.1. The third-order valence-corrected chi connectivity index (χ3v) is 5.14. The van der Waals surface area contributed by atoms with E-state index in [0.717, 1.165) is 54.8 Å². The lowest BCUT2D eigenvalue weighted by molar-refractivity contribution is 0.0497. The third kappa shape index (κ3) is 3.88. The van der Waals surface area contributed by atoms with Crippen molar-refractivity contribution in [2.75, 3.05) is 26.8 Å². The molecule has 1 aliphatic rings. The molecule has 0 radical (unpaired) electrons. The van der Waals surface area contributed by atoms with Gasteiger partial charge in [0.05, 0.1) is 0 Å². The number of aryl methyl sites for hydroxylation is 1. The maximum absolute atomic E-state index is 12.7. The third-order valence-electron chi connectivity index (χ3n) is 5.14. The lowest BCUT2D eigenvalue weighted by atomic mass is 9.99. The molecular formula is C22H24N2O3. The smallest absolute Gasteiger partial charge is 0.253 e. The fourth-order valence-corrected chi connectivity index (χ4v) is 3.54. The lowest BCUT2D eigenvalue weighted by Crippen LogP contribution is -2.34. The Morgan fingerprint density at radius 1 is 1.15 bits per heavy atom. The SMILES string of the molecule is Cc1ccc2oc(-c3ccc(C(=O)N(C)CC4CCOCC4)cc3)nc2c1. The van der Waals surface area contributed by atoms with Gasteiger partial charge in [-0.3, -0.25) is 4.79 Å². The summed E-state index contributed by atoms with van der Waals surface area (Å²) in [6.45, 7) is 4.40. The number of benzene rings is 2. The number of ether oxygens (including phenoxy) is 1. The number of hydrogen-bond acceptors (Lipinski definition) is 4. The molecule has 0 bridgehead atoms. The molecule has 1 saturated heterocycles. The molecule has 0 N–H and O–H groups in total. The molecule has 0 unspecified atom stereocenters. The molecule has 0 aliphatic carbocycles. The molecule has 1 aromatic heterocycles. The summed E-state index contributed by atoms with van der Waals surface area (Å²) in [6.07, 6.45) is 2.04. The zero-order chi connectivity index (χ0) is 18.8. The predicted octanol–water partition coefficient (Wildman–Crippen LogP) is 4.30. The van der Waals surface area contributed by atoms with Crippen LogP contribution < -0.4 is 0 Å². The first kappa shape index (κ1) is 17.7. The minimum Gasteiger partial charge on any atom is -0.436 e. The van der Waals surface area contributed by atoms with E-state index in [4.69, 9.17) is 9.15 Å². The second-order valence-electron chi connectivity index (χ2n) is 7.31. The maximum atomic E-state index is 12.7.